The lowest BCUT2D eigenvalue weighted by Crippen LogP contribution is -2.11. The van der Waals surface area contributed by atoms with Gasteiger partial charge >= 0.3 is 0 Å². The van der Waals surface area contributed by atoms with E-state index in [1.807, 2.05) is 0 Å². The molecule has 3 nitrogen and oxygen atoms in total. The molecule has 1 heterocycles. The third kappa shape index (κ3) is 2.35. The van der Waals surface area contributed by atoms with E-state index in [-0.39, 0.29) is 5.91 Å². The number of anilines is 2. The van der Waals surface area contributed by atoms with E-state index < -0.39 is 0 Å². The van der Waals surface area contributed by atoms with Crippen molar-refractivity contribution in [1.29, 1.82) is 0 Å². The molecule has 3 heteroatoms. The maximum atomic E-state index is 11.6. The summed E-state index contributed by atoms with van der Waals surface area (Å²) in [5, 5.41) is 6.37. The Morgan fingerprint density at radius 2 is 1.50 bits per heavy atom. The van der Waals surface area contributed by atoms with Crippen LogP contribution in [-0.2, 0) is 17.6 Å². The highest BCUT2D eigenvalue weighted by Crippen LogP contribution is 2.31. The first-order chi connectivity index (χ1) is 8.83. The molecule has 1 aliphatic carbocycles. The van der Waals surface area contributed by atoms with E-state index in [9.17, 15) is 4.79 Å². The second-order valence-electron chi connectivity index (χ2n) is 5.31. The lowest BCUT2D eigenvalue weighted by Gasteiger charge is -2.17. The first-order valence-corrected chi connectivity index (χ1v) is 7.02. The number of fused-ring (bicyclic) bond motifs is 2. The van der Waals surface area contributed by atoms with Gasteiger partial charge in [-0.2, -0.15) is 0 Å². The molecule has 0 radical (unpaired) electrons. The Bertz CT molecular complexity index is 468. The van der Waals surface area contributed by atoms with Crippen LogP contribution >= 0.6 is 0 Å². The topological polar surface area (TPSA) is 41.1 Å². The van der Waals surface area contributed by atoms with Crippen molar-refractivity contribution in [3.63, 3.8) is 0 Å². The van der Waals surface area contributed by atoms with Crippen LogP contribution in [0.1, 0.15) is 43.2 Å². The van der Waals surface area contributed by atoms with Crippen molar-refractivity contribution in [1.82, 2.24) is 0 Å². The van der Waals surface area contributed by atoms with E-state index >= 15 is 0 Å². The van der Waals surface area contributed by atoms with Crippen molar-refractivity contribution in [2.75, 3.05) is 17.2 Å². The van der Waals surface area contributed by atoms with Crippen LogP contribution in [0.2, 0.25) is 0 Å². The zero-order valence-corrected chi connectivity index (χ0v) is 10.7. The lowest BCUT2D eigenvalue weighted by atomic mass is 9.92. The molecule has 0 fully saturated rings. The minimum absolute atomic E-state index is 0.118. The summed E-state index contributed by atoms with van der Waals surface area (Å²) < 4.78 is 0. The highest BCUT2D eigenvalue weighted by atomic mass is 16.1. The van der Waals surface area contributed by atoms with Crippen LogP contribution < -0.4 is 10.6 Å². The van der Waals surface area contributed by atoms with Crippen molar-refractivity contribution >= 4 is 17.3 Å². The first-order valence-electron chi connectivity index (χ1n) is 7.02. The second kappa shape index (κ2) is 5.01. The Morgan fingerprint density at radius 1 is 0.833 bits per heavy atom. The summed E-state index contributed by atoms with van der Waals surface area (Å²) in [5.74, 6) is 0.118. The van der Waals surface area contributed by atoms with Crippen molar-refractivity contribution in [2.24, 2.45) is 0 Å². The van der Waals surface area contributed by atoms with Gasteiger partial charge < -0.3 is 10.6 Å². The number of aryl methyl sites for hydroxylation is 2. The van der Waals surface area contributed by atoms with E-state index in [1.165, 1.54) is 43.2 Å². The van der Waals surface area contributed by atoms with Gasteiger partial charge in [0.1, 0.15) is 0 Å². The predicted octanol–water partition coefficient (Wildman–Crippen LogP) is 3.10. The van der Waals surface area contributed by atoms with Gasteiger partial charge in [0, 0.05) is 13.0 Å². The minimum Gasteiger partial charge on any atom is -0.383 e. The molecule has 1 amide bonds. The Balaban J connectivity index is 1.98. The van der Waals surface area contributed by atoms with Gasteiger partial charge in [0.25, 0.3) is 0 Å². The molecular weight excluding hydrogens is 224 g/mol. The van der Waals surface area contributed by atoms with E-state index in [0.29, 0.717) is 6.42 Å². The van der Waals surface area contributed by atoms with E-state index in [4.69, 9.17) is 0 Å². The lowest BCUT2D eigenvalue weighted by molar-refractivity contribution is -0.115. The average Bonchev–Trinajstić information content (AvgIpc) is 2.49. The monoisotopic (exact) mass is 244 g/mol. The van der Waals surface area contributed by atoms with Gasteiger partial charge in [-0.3, -0.25) is 4.79 Å². The number of hydrogen-bond acceptors (Lipinski definition) is 2. The number of rotatable bonds is 0. The molecule has 18 heavy (non-hydrogen) atoms. The SMILES string of the molecule is O=C1CCNc2cc3c(cc2N1)CCCCCC3. The predicted molar refractivity (Wildman–Crippen MR) is 74.1 cm³/mol. The van der Waals surface area contributed by atoms with Crippen LogP contribution in [0.3, 0.4) is 0 Å². The fraction of sp³-hybridized carbons (Fsp3) is 0.533. The summed E-state index contributed by atoms with van der Waals surface area (Å²) in [5.41, 5.74) is 4.96. The maximum Gasteiger partial charge on any atom is 0.226 e. The summed E-state index contributed by atoms with van der Waals surface area (Å²) in [6, 6.07) is 4.44. The fourth-order valence-electron chi connectivity index (χ4n) is 2.91. The molecule has 0 unspecified atom stereocenters. The molecular formula is C15H20N2O. The molecule has 0 atom stereocenters. The Labute approximate surface area is 108 Å². The Hall–Kier alpha value is -1.51. The van der Waals surface area contributed by atoms with E-state index in [1.54, 1.807) is 0 Å². The average molecular weight is 244 g/mol. The fourth-order valence-corrected chi connectivity index (χ4v) is 2.91. The molecule has 1 aliphatic heterocycles. The quantitative estimate of drug-likeness (QED) is 0.736. The summed E-state index contributed by atoms with van der Waals surface area (Å²) in [6.45, 7) is 0.734. The zero-order chi connectivity index (χ0) is 12.4. The second-order valence-corrected chi connectivity index (χ2v) is 5.31. The van der Waals surface area contributed by atoms with Gasteiger partial charge in [-0.1, -0.05) is 12.8 Å². The molecule has 0 spiro atoms. The van der Waals surface area contributed by atoms with Crippen LogP contribution in [0.5, 0.6) is 0 Å². The molecule has 96 valence electrons. The van der Waals surface area contributed by atoms with Crippen LogP contribution in [-0.4, -0.2) is 12.5 Å². The molecule has 0 bridgehead atoms. The van der Waals surface area contributed by atoms with Crippen LogP contribution in [0.4, 0.5) is 11.4 Å². The molecule has 0 saturated carbocycles. The van der Waals surface area contributed by atoms with Crippen LogP contribution in [0, 0.1) is 0 Å². The van der Waals surface area contributed by atoms with Crippen molar-refractivity contribution in [3.05, 3.63) is 23.3 Å². The maximum absolute atomic E-state index is 11.6. The number of nitrogens with one attached hydrogen (secondary N) is 2. The minimum atomic E-state index is 0.118. The van der Waals surface area contributed by atoms with Gasteiger partial charge in [0.05, 0.1) is 11.4 Å². The standard InChI is InChI=1S/C15H20N2O/c18-15-7-8-16-13-9-11-5-3-1-2-4-6-12(11)10-14(13)17-15/h9-10,16H,1-8H2,(H,17,18). The van der Waals surface area contributed by atoms with Crippen molar-refractivity contribution in [3.8, 4) is 0 Å². The van der Waals surface area contributed by atoms with Crippen molar-refractivity contribution in [2.45, 2.75) is 44.9 Å². The van der Waals surface area contributed by atoms with Gasteiger partial charge in [-0.05, 0) is 48.9 Å². The van der Waals surface area contributed by atoms with E-state index in [2.05, 4.69) is 22.8 Å². The zero-order valence-electron chi connectivity index (χ0n) is 10.7. The smallest absolute Gasteiger partial charge is 0.226 e. The Kier molecular flexibility index (Phi) is 3.22. The number of hydrogen-bond donors (Lipinski definition) is 2. The highest BCUT2D eigenvalue weighted by Gasteiger charge is 2.16. The molecule has 1 aromatic carbocycles. The number of benzene rings is 1. The first kappa shape index (κ1) is 11.6. The third-order valence-corrected chi connectivity index (χ3v) is 3.92. The summed E-state index contributed by atoms with van der Waals surface area (Å²) in [7, 11) is 0. The number of carbonyl (C=O) groups excluding carboxylic acids is 1. The molecule has 3 rings (SSSR count). The Morgan fingerprint density at radius 3 is 2.22 bits per heavy atom. The molecule has 1 aromatic rings. The van der Waals surface area contributed by atoms with Gasteiger partial charge in [0.15, 0.2) is 0 Å². The van der Waals surface area contributed by atoms with Gasteiger partial charge in [-0.25, -0.2) is 0 Å². The number of carbonyl (C=O) groups is 1. The van der Waals surface area contributed by atoms with Crippen molar-refractivity contribution < 1.29 is 4.79 Å². The van der Waals surface area contributed by atoms with Crippen LogP contribution in [0.25, 0.3) is 0 Å². The molecule has 0 aromatic heterocycles. The van der Waals surface area contributed by atoms with Gasteiger partial charge in [0.2, 0.25) is 5.91 Å². The van der Waals surface area contributed by atoms with Gasteiger partial charge in [-0.15, -0.1) is 0 Å². The molecule has 0 saturated heterocycles. The summed E-state index contributed by atoms with van der Waals surface area (Å²) >= 11 is 0. The summed E-state index contributed by atoms with van der Waals surface area (Å²) in [6.07, 6.45) is 8.13. The molecule has 2 aliphatic rings. The highest BCUT2D eigenvalue weighted by molar-refractivity contribution is 5.96. The van der Waals surface area contributed by atoms with E-state index in [0.717, 1.165) is 24.3 Å². The normalized spacial score (nSPS) is 19.4. The summed E-state index contributed by atoms with van der Waals surface area (Å²) in [4.78, 5) is 11.6. The largest absolute Gasteiger partial charge is 0.383 e. The van der Waals surface area contributed by atoms with Crippen LogP contribution in [0.15, 0.2) is 12.1 Å². The molecule has 2 N–H and O–H groups in total. The number of amides is 1. The third-order valence-electron chi connectivity index (χ3n) is 3.92.